The highest BCUT2D eigenvalue weighted by molar-refractivity contribution is 5.67. The number of carboxylic acids is 1. The molecule has 2 rings (SSSR count). The van der Waals surface area contributed by atoms with E-state index in [9.17, 15) is 4.79 Å². The van der Waals surface area contributed by atoms with Gasteiger partial charge in [0.1, 0.15) is 0 Å². The van der Waals surface area contributed by atoms with Gasteiger partial charge in [-0.05, 0) is 31.7 Å². The van der Waals surface area contributed by atoms with Crippen molar-refractivity contribution < 1.29 is 9.90 Å². The van der Waals surface area contributed by atoms with Crippen molar-refractivity contribution >= 4 is 5.97 Å². The summed E-state index contributed by atoms with van der Waals surface area (Å²) in [6, 6.07) is 0.350. The molecule has 1 saturated carbocycles. The summed E-state index contributed by atoms with van der Waals surface area (Å²) in [6.07, 6.45) is 4.14. The molecule has 2 fully saturated rings. The molecule has 0 spiro atoms. The molecule has 1 saturated heterocycles. The van der Waals surface area contributed by atoms with Gasteiger partial charge in [0.25, 0.3) is 0 Å². The van der Waals surface area contributed by atoms with Gasteiger partial charge in [0.15, 0.2) is 0 Å². The summed E-state index contributed by atoms with van der Waals surface area (Å²) in [5.41, 5.74) is 0. The predicted molar refractivity (Wildman–Crippen MR) is 45.0 cm³/mol. The average Bonchev–Trinajstić information content (AvgIpc) is 2.77. The van der Waals surface area contributed by atoms with Gasteiger partial charge >= 0.3 is 5.97 Å². The van der Waals surface area contributed by atoms with E-state index < -0.39 is 5.97 Å². The van der Waals surface area contributed by atoms with Gasteiger partial charge in [0.05, 0.1) is 6.42 Å². The molecule has 1 N–H and O–H groups in total. The molecule has 1 aliphatic heterocycles. The van der Waals surface area contributed by atoms with E-state index in [1.807, 2.05) is 0 Å². The number of carbonyl (C=O) groups is 1. The van der Waals surface area contributed by atoms with Gasteiger partial charge < -0.3 is 5.11 Å². The number of aliphatic carboxylic acids is 1. The van der Waals surface area contributed by atoms with Gasteiger partial charge in [-0.2, -0.15) is 0 Å². The quantitative estimate of drug-likeness (QED) is 0.681. The second kappa shape index (κ2) is 3.05. The molecule has 0 aromatic rings. The summed E-state index contributed by atoms with van der Waals surface area (Å²) in [4.78, 5) is 12.7. The van der Waals surface area contributed by atoms with Crippen molar-refractivity contribution in [3.05, 3.63) is 0 Å². The molecule has 0 radical (unpaired) electrons. The summed E-state index contributed by atoms with van der Waals surface area (Å²) >= 11 is 0. The maximum absolute atomic E-state index is 10.4. The Labute approximate surface area is 72.4 Å². The van der Waals surface area contributed by atoms with E-state index in [1.54, 1.807) is 0 Å². The molecule has 68 valence electrons. The molecule has 1 aliphatic carbocycles. The smallest absolute Gasteiger partial charge is 0.304 e. The van der Waals surface area contributed by atoms with Crippen LogP contribution >= 0.6 is 0 Å². The SMILES string of the molecule is O=C(O)CC1CCN1CC1CC1. The van der Waals surface area contributed by atoms with E-state index in [0.29, 0.717) is 12.5 Å². The first-order chi connectivity index (χ1) is 5.75. The lowest BCUT2D eigenvalue weighted by Gasteiger charge is -2.40. The van der Waals surface area contributed by atoms with Crippen LogP contribution in [0.4, 0.5) is 0 Å². The minimum atomic E-state index is -0.652. The van der Waals surface area contributed by atoms with Crippen molar-refractivity contribution in [2.75, 3.05) is 13.1 Å². The fourth-order valence-electron chi connectivity index (χ4n) is 1.80. The number of likely N-dealkylation sites (tertiary alicyclic amines) is 1. The largest absolute Gasteiger partial charge is 0.481 e. The summed E-state index contributed by atoms with van der Waals surface area (Å²) in [7, 11) is 0. The van der Waals surface area contributed by atoms with Crippen LogP contribution in [0.5, 0.6) is 0 Å². The van der Waals surface area contributed by atoms with Gasteiger partial charge in [-0.1, -0.05) is 0 Å². The van der Waals surface area contributed by atoms with Crippen LogP contribution in [0.15, 0.2) is 0 Å². The normalized spacial score (nSPS) is 29.8. The number of rotatable bonds is 4. The average molecular weight is 169 g/mol. The molecule has 1 heterocycles. The van der Waals surface area contributed by atoms with Crippen molar-refractivity contribution in [1.82, 2.24) is 4.90 Å². The molecular formula is C9H15NO2. The van der Waals surface area contributed by atoms with Crippen molar-refractivity contribution in [1.29, 1.82) is 0 Å². The molecule has 12 heavy (non-hydrogen) atoms. The zero-order valence-electron chi connectivity index (χ0n) is 7.20. The van der Waals surface area contributed by atoms with Gasteiger partial charge in [0, 0.05) is 12.6 Å². The predicted octanol–water partition coefficient (Wildman–Crippen LogP) is 0.945. The summed E-state index contributed by atoms with van der Waals surface area (Å²) < 4.78 is 0. The zero-order chi connectivity index (χ0) is 8.55. The molecule has 0 aromatic carbocycles. The van der Waals surface area contributed by atoms with E-state index in [0.717, 1.165) is 25.4 Å². The van der Waals surface area contributed by atoms with Gasteiger partial charge in [-0.3, -0.25) is 9.69 Å². The Balaban J connectivity index is 1.72. The van der Waals surface area contributed by atoms with Crippen LogP contribution in [-0.4, -0.2) is 35.1 Å². The maximum atomic E-state index is 10.4. The lowest BCUT2D eigenvalue weighted by Crippen LogP contribution is -2.49. The Morgan fingerprint density at radius 1 is 1.42 bits per heavy atom. The third-order valence-corrected chi connectivity index (χ3v) is 2.87. The highest BCUT2D eigenvalue weighted by atomic mass is 16.4. The molecule has 2 aliphatic rings. The fourth-order valence-corrected chi connectivity index (χ4v) is 1.80. The molecular weight excluding hydrogens is 154 g/mol. The molecule has 0 aromatic heterocycles. The van der Waals surface area contributed by atoms with Crippen LogP contribution in [-0.2, 0) is 4.79 Å². The van der Waals surface area contributed by atoms with Crippen molar-refractivity contribution in [2.24, 2.45) is 5.92 Å². The fraction of sp³-hybridized carbons (Fsp3) is 0.889. The van der Waals surface area contributed by atoms with Crippen molar-refractivity contribution in [3.63, 3.8) is 0 Å². The number of hydrogen-bond donors (Lipinski definition) is 1. The van der Waals surface area contributed by atoms with E-state index >= 15 is 0 Å². The molecule has 0 amide bonds. The minimum Gasteiger partial charge on any atom is -0.481 e. The third-order valence-electron chi connectivity index (χ3n) is 2.87. The molecule has 1 unspecified atom stereocenters. The monoisotopic (exact) mass is 169 g/mol. The minimum absolute atomic E-state index is 0.340. The third kappa shape index (κ3) is 1.78. The highest BCUT2D eigenvalue weighted by Crippen LogP contribution is 2.33. The first kappa shape index (κ1) is 8.05. The molecule has 3 heteroatoms. The maximum Gasteiger partial charge on any atom is 0.304 e. The van der Waals surface area contributed by atoms with E-state index in [1.165, 1.54) is 12.8 Å². The van der Waals surface area contributed by atoms with Crippen molar-refractivity contribution in [3.8, 4) is 0 Å². The zero-order valence-corrected chi connectivity index (χ0v) is 7.20. The Morgan fingerprint density at radius 3 is 2.58 bits per heavy atom. The standard InChI is InChI=1S/C9H15NO2/c11-9(12)5-8-3-4-10(8)6-7-1-2-7/h7-8H,1-6H2,(H,11,12). The Kier molecular flexibility index (Phi) is 2.05. The van der Waals surface area contributed by atoms with Crippen LogP contribution in [0.2, 0.25) is 0 Å². The van der Waals surface area contributed by atoms with Crippen molar-refractivity contribution in [2.45, 2.75) is 31.7 Å². The lowest BCUT2D eigenvalue weighted by atomic mass is 9.99. The summed E-state index contributed by atoms with van der Waals surface area (Å²) in [6.45, 7) is 2.27. The Morgan fingerprint density at radius 2 is 2.17 bits per heavy atom. The van der Waals surface area contributed by atoms with Crippen LogP contribution in [0, 0.1) is 5.92 Å². The van der Waals surface area contributed by atoms with Gasteiger partial charge in [-0.15, -0.1) is 0 Å². The molecule has 0 bridgehead atoms. The van der Waals surface area contributed by atoms with Crippen LogP contribution in [0.3, 0.4) is 0 Å². The molecule has 1 atom stereocenters. The second-order valence-corrected chi connectivity index (χ2v) is 3.98. The van der Waals surface area contributed by atoms with E-state index in [4.69, 9.17) is 5.11 Å². The van der Waals surface area contributed by atoms with Gasteiger partial charge in [-0.25, -0.2) is 0 Å². The first-order valence-corrected chi connectivity index (χ1v) is 4.71. The Bertz CT molecular complexity index is 189. The summed E-state index contributed by atoms with van der Waals surface area (Å²) in [5.74, 6) is 0.238. The highest BCUT2D eigenvalue weighted by Gasteiger charge is 2.34. The topological polar surface area (TPSA) is 40.5 Å². The van der Waals surface area contributed by atoms with Gasteiger partial charge in [0.2, 0.25) is 0 Å². The number of hydrogen-bond acceptors (Lipinski definition) is 2. The van der Waals surface area contributed by atoms with E-state index in [-0.39, 0.29) is 0 Å². The lowest BCUT2D eigenvalue weighted by molar-refractivity contribution is -0.139. The summed E-state index contributed by atoms with van der Waals surface area (Å²) in [5, 5.41) is 8.59. The van der Waals surface area contributed by atoms with Crippen LogP contribution in [0.1, 0.15) is 25.7 Å². The Hall–Kier alpha value is -0.570. The van der Waals surface area contributed by atoms with Crippen LogP contribution < -0.4 is 0 Å². The molecule has 3 nitrogen and oxygen atoms in total. The van der Waals surface area contributed by atoms with E-state index in [2.05, 4.69) is 4.90 Å². The van der Waals surface area contributed by atoms with Crippen LogP contribution in [0.25, 0.3) is 0 Å². The second-order valence-electron chi connectivity index (χ2n) is 3.98. The first-order valence-electron chi connectivity index (χ1n) is 4.71. The number of carboxylic acid groups (broad SMARTS) is 1. The number of nitrogens with zero attached hydrogens (tertiary/aromatic N) is 1.